The third-order valence-corrected chi connectivity index (χ3v) is 2.07. The highest BCUT2D eigenvalue weighted by atomic mass is 19.4. The van der Waals surface area contributed by atoms with E-state index in [0.717, 1.165) is 18.2 Å². The zero-order valence-electron chi connectivity index (χ0n) is 8.91. The van der Waals surface area contributed by atoms with E-state index in [1.54, 1.807) is 0 Å². The zero-order chi connectivity index (χ0) is 13.2. The molecule has 0 aliphatic carbocycles. The Labute approximate surface area is 99.8 Å². The van der Waals surface area contributed by atoms with Gasteiger partial charge < -0.3 is 4.74 Å². The minimum Gasteiger partial charge on any atom is -0.439 e. The fraction of sp³-hybridized carbons (Fsp3) is 0.0833. The molecule has 0 fully saturated rings. The smallest absolute Gasteiger partial charge is 0.416 e. The molecule has 0 N–H and O–H groups in total. The van der Waals surface area contributed by atoms with Crippen LogP contribution in [-0.2, 0) is 6.18 Å². The summed E-state index contributed by atoms with van der Waals surface area (Å²) in [6, 6.07) is 8.10. The van der Waals surface area contributed by atoms with Crippen LogP contribution in [0.3, 0.4) is 0 Å². The lowest BCUT2D eigenvalue weighted by Gasteiger charge is -2.09. The summed E-state index contributed by atoms with van der Waals surface area (Å²) in [5.41, 5.74) is -0.837. The molecule has 0 saturated heterocycles. The number of benzene rings is 1. The number of rotatable bonds is 2. The Kier molecular flexibility index (Phi) is 3.18. The SMILES string of the molecule is Fc1cccc(Oc2cccc(C(F)(F)F)c2)n1. The molecule has 2 rings (SSSR count). The Bertz CT molecular complexity index is 554. The van der Waals surface area contributed by atoms with Crippen molar-refractivity contribution in [1.29, 1.82) is 0 Å². The average molecular weight is 257 g/mol. The molecule has 0 aliphatic heterocycles. The zero-order valence-corrected chi connectivity index (χ0v) is 8.91. The van der Waals surface area contributed by atoms with Gasteiger partial charge in [0.05, 0.1) is 5.56 Å². The lowest BCUT2D eigenvalue weighted by Crippen LogP contribution is -2.04. The van der Waals surface area contributed by atoms with Gasteiger partial charge in [-0.1, -0.05) is 12.1 Å². The van der Waals surface area contributed by atoms with E-state index in [2.05, 4.69) is 4.98 Å². The van der Waals surface area contributed by atoms with Crippen LogP contribution in [0, 0.1) is 5.95 Å². The second kappa shape index (κ2) is 4.64. The summed E-state index contributed by atoms with van der Waals surface area (Å²) in [5.74, 6) is -0.920. The van der Waals surface area contributed by atoms with Gasteiger partial charge in [0.25, 0.3) is 0 Å². The molecule has 0 aliphatic rings. The normalized spacial score (nSPS) is 11.3. The quantitative estimate of drug-likeness (QED) is 0.598. The van der Waals surface area contributed by atoms with Crippen molar-refractivity contribution in [3.8, 4) is 11.6 Å². The average Bonchev–Trinajstić information content (AvgIpc) is 2.28. The van der Waals surface area contributed by atoms with Crippen molar-refractivity contribution in [3.63, 3.8) is 0 Å². The van der Waals surface area contributed by atoms with E-state index in [-0.39, 0.29) is 11.6 Å². The van der Waals surface area contributed by atoms with E-state index >= 15 is 0 Å². The molecule has 2 aromatic rings. The molecular formula is C12H7F4NO. The van der Waals surface area contributed by atoms with Crippen LogP contribution in [0.5, 0.6) is 11.6 Å². The Balaban J connectivity index is 2.25. The van der Waals surface area contributed by atoms with Crippen LogP contribution < -0.4 is 4.74 Å². The van der Waals surface area contributed by atoms with Crippen molar-refractivity contribution in [2.24, 2.45) is 0 Å². The van der Waals surface area contributed by atoms with E-state index < -0.39 is 17.7 Å². The van der Waals surface area contributed by atoms with Gasteiger partial charge in [-0.3, -0.25) is 0 Å². The molecule has 0 unspecified atom stereocenters. The van der Waals surface area contributed by atoms with Crippen molar-refractivity contribution in [2.45, 2.75) is 6.18 Å². The number of nitrogens with zero attached hydrogens (tertiary/aromatic N) is 1. The summed E-state index contributed by atoms with van der Waals surface area (Å²) in [4.78, 5) is 3.39. The molecule has 18 heavy (non-hydrogen) atoms. The summed E-state index contributed by atoms with van der Waals surface area (Å²) < 4.78 is 55.1. The molecule has 0 saturated carbocycles. The Morgan fingerprint density at radius 3 is 2.39 bits per heavy atom. The molecule has 0 amide bonds. The van der Waals surface area contributed by atoms with Crippen molar-refractivity contribution in [2.75, 3.05) is 0 Å². The van der Waals surface area contributed by atoms with Gasteiger partial charge in [0.15, 0.2) is 0 Å². The number of aromatic nitrogens is 1. The molecule has 94 valence electrons. The first-order chi connectivity index (χ1) is 8.45. The summed E-state index contributed by atoms with van der Waals surface area (Å²) in [5, 5.41) is 0. The van der Waals surface area contributed by atoms with E-state index in [1.807, 2.05) is 0 Å². The van der Waals surface area contributed by atoms with Crippen molar-refractivity contribution >= 4 is 0 Å². The fourth-order valence-corrected chi connectivity index (χ4v) is 1.30. The van der Waals surface area contributed by atoms with Crippen LogP contribution in [0.25, 0.3) is 0 Å². The minimum atomic E-state index is -4.45. The molecular weight excluding hydrogens is 250 g/mol. The van der Waals surface area contributed by atoms with E-state index in [1.165, 1.54) is 24.3 Å². The monoisotopic (exact) mass is 257 g/mol. The second-order valence-corrected chi connectivity index (χ2v) is 3.43. The van der Waals surface area contributed by atoms with Crippen molar-refractivity contribution in [3.05, 3.63) is 54.0 Å². The molecule has 0 bridgehead atoms. The van der Waals surface area contributed by atoms with Gasteiger partial charge in [-0.15, -0.1) is 0 Å². The highest BCUT2D eigenvalue weighted by Crippen LogP contribution is 2.32. The third kappa shape index (κ3) is 2.97. The van der Waals surface area contributed by atoms with Crippen LogP contribution in [0.2, 0.25) is 0 Å². The van der Waals surface area contributed by atoms with Crippen LogP contribution >= 0.6 is 0 Å². The predicted molar refractivity (Wildman–Crippen MR) is 55.7 cm³/mol. The minimum absolute atomic E-state index is 0.0528. The lowest BCUT2D eigenvalue weighted by atomic mass is 10.2. The first-order valence-electron chi connectivity index (χ1n) is 4.93. The van der Waals surface area contributed by atoms with Crippen LogP contribution in [0.4, 0.5) is 17.6 Å². The van der Waals surface area contributed by atoms with Crippen LogP contribution in [0.15, 0.2) is 42.5 Å². The van der Waals surface area contributed by atoms with E-state index in [0.29, 0.717) is 0 Å². The Morgan fingerprint density at radius 2 is 1.72 bits per heavy atom. The van der Waals surface area contributed by atoms with Gasteiger partial charge in [0.2, 0.25) is 11.8 Å². The van der Waals surface area contributed by atoms with Gasteiger partial charge in [0, 0.05) is 6.07 Å². The van der Waals surface area contributed by atoms with Gasteiger partial charge in [-0.2, -0.15) is 22.5 Å². The number of alkyl halides is 3. The van der Waals surface area contributed by atoms with E-state index in [9.17, 15) is 17.6 Å². The number of halogens is 4. The largest absolute Gasteiger partial charge is 0.439 e. The molecule has 0 atom stereocenters. The second-order valence-electron chi connectivity index (χ2n) is 3.43. The number of hydrogen-bond donors (Lipinski definition) is 0. The summed E-state index contributed by atoms with van der Waals surface area (Å²) in [6.07, 6.45) is -4.45. The lowest BCUT2D eigenvalue weighted by molar-refractivity contribution is -0.137. The van der Waals surface area contributed by atoms with Crippen LogP contribution in [0.1, 0.15) is 5.56 Å². The van der Waals surface area contributed by atoms with Crippen LogP contribution in [-0.4, -0.2) is 4.98 Å². The number of hydrogen-bond acceptors (Lipinski definition) is 2. The molecule has 1 aromatic heterocycles. The Morgan fingerprint density at radius 1 is 1.00 bits per heavy atom. The Hall–Kier alpha value is -2.11. The molecule has 0 spiro atoms. The number of pyridine rings is 1. The topological polar surface area (TPSA) is 22.1 Å². The highest BCUT2D eigenvalue weighted by molar-refractivity contribution is 5.32. The third-order valence-electron chi connectivity index (χ3n) is 2.07. The maximum absolute atomic E-state index is 12.8. The standard InChI is InChI=1S/C12H7F4NO/c13-10-5-2-6-11(17-10)18-9-4-1-3-8(7-9)12(14,15)16/h1-7H. The van der Waals surface area contributed by atoms with Gasteiger partial charge >= 0.3 is 6.18 Å². The van der Waals surface area contributed by atoms with Crippen molar-refractivity contribution < 1.29 is 22.3 Å². The maximum atomic E-state index is 12.8. The molecule has 1 heterocycles. The van der Waals surface area contributed by atoms with Gasteiger partial charge in [-0.05, 0) is 24.3 Å². The predicted octanol–water partition coefficient (Wildman–Crippen LogP) is 4.03. The highest BCUT2D eigenvalue weighted by Gasteiger charge is 2.30. The first-order valence-corrected chi connectivity index (χ1v) is 4.93. The van der Waals surface area contributed by atoms with E-state index in [4.69, 9.17) is 4.74 Å². The summed E-state index contributed by atoms with van der Waals surface area (Å²) >= 11 is 0. The number of ether oxygens (including phenoxy) is 1. The van der Waals surface area contributed by atoms with Crippen molar-refractivity contribution in [1.82, 2.24) is 4.98 Å². The maximum Gasteiger partial charge on any atom is 0.416 e. The molecule has 1 aromatic carbocycles. The molecule has 6 heteroatoms. The fourth-order valence-electron chi connectivity index (χ4n) is 1.30. The first kappa shape index (κ1) is 12.3. The molecule has 0 radical (unpaired) electrons. The summed E-state index contributed by atoms with van der Waals surface area (Å²) in [7, 11) is 0. The van der Waals surface area contributed by atoms with Gasteiger partial charge in [0.1, 0.15) is 5.75 Å². The molecule has 2 nitrogen and oxygen atoms in total. The summed E-state index contributed by atoms with van der Waals surface area (Å²) in [6.45, 7) is 0. The van der Waals surface area contributed by atoms with Gasteiger partial charge in [-0.25, -0.2) is 0 Å².